The molecule has 0 aliphatic heterocycles. The van der Waals surface area contributed by atoms with Gasteiger partial charge in [-0.05, 0) is 48.2 Å². The summed E-state index contributed by atoms with van der Waals surface area (Å²) in [6.45, 7) is -0.240. The molecule has 0 saturated heterocycles. The first-order chi connectivity index (χ1) is 10.9. The van der Waals surface area contributed by atoms with Gasteiger partial charge in [-0.25, -0.2) is 17.5 Å². The van der Waals surface area contributed by atoms with E-state index in [9.17, 15) is 17.9 Å². The van der Waals surface area contributed by atoms with Crippen molar-refractivity contribution in [2.24, 2.45) is 5.92 Å². The number of sulfonamides is 1. The zero-order chi connectivity index (χ0) is 16.9. The van der Waals surface area contributed by atoms with Crippen molar-refractivity contribution in [3.05, 3.63) is 59.9 Å². The molecule has 0 fully saturated rings. The Balaban J connectivity index is 2.02. The lowest BCUT2D eigenvalue weighted by molar-refractivity contribution is 0.226. The van der Waals surface area contributed by atoms with Gasteiger partial charge in [0.15, 0.2) is 0 Å². The van der Waals surface area contributed by atoms with Crippen molar-refractivity contribution >= 4 is 15.7 Å². The molecule has 0 amide bonds. The number of benzene rings is 2. The van der Waals surface area contributed by atoms with Gasteiger partial charge in [-0.15, -0.1) is 0 Å². The summed E-state index contributed by atoms with van der Waals surface area (Å²) in [6, 6.07) is 12.0. The third-order valence-corrected chi connectivity index (χ3v) is 4.92. The highest BCUT2D eigenvalue weighted by Gasteiger charge is 2.17. The van der Waals surface area contributed by atoms with E-state index in [0.717, 1.165) is 0 Å². The van der Waals surface area contributed by atoms with Gasteiger partial charge in [0.2, 0.25) is 10.0 Å². The molecule has 1 atom stereocenters. The Labute approximate surface area is 135 Å². The van der Waals surface area contributed by atoms with E-state index < -0.39 is 15.9 Å². The number of aliphatic hydroxyl groups is 1. The number of hydrogen-bond donors (Lipinski definition) is 3. The van der Waals surface area contributed by atoms with Crippen LogP contribution >= 0.6 is 0 Å². The van der Waals surface area contributed by atoms with E-state index in [1.165, 1.54) is 30.3 Å². The van der Waals surface area contributed by atoms with Crippen molar-refractivity contribution in [1.82, 2.24) is 4.72 Å². The molecule has 2 aromatic carbocycles. The number of nitrogens with one attached hydrogen (secondary N) is 1. The van der Waals surface area contributed by atoms with Gasteiger partial charge >= 0.3 is 0 Å². The van der Waals surface area contributed by atoms with Gasteiger partial charge in [0.25, 0.3) is 0 Å². The Morgan fingerprint density at radius 3 is 2.39 bits per heavy atom. The second-order valence-corrected chi connectivity index (χ2v) is 7.03. The summed E-state index contributed by atoms with van der Waals surface area (Å²) in [7, 11) is -3.70. The fourth-order valence-corrected chi connectivity index (χ4v) is 3.25. The Hall–Kier alpha value is -1.96. The summed E-state index contributed by atoms with van der Waals surface area (Å²) in [5.74, 6) is -0.789. The molecular formula is C16H19FN2O3S. The number of rotatable bonds is 7. The molecule has 5 nitrogen and oxygen atoms in total. The van der Waals surface area contributed by atoms with Crippen LogP contribution in [0.1, 0.15) is 5.56 Å². The highest BCUT2D eigenvalue weighted by Crippen LogP contribution is 2.14. The normalized spacial score (nSPS) is 13.0. The third-order valence-electron chi connectivity index (χ3n) is 3.48. The van der Waals surface area contributed by atoms with Gasteiger partial charge in [0, 0.05) is 18.8 Å². The van der Waals surface area contributed by atoms with Crippen molar-refractivity contribution in [2.75, 3.05) is 18.9 Å². The Bertz CT molecular complexity index is 748. The minimum Gasteiger partial charge on any atom is -0.399 e. The van der Waals surface area contributed by atoms with Crippen LogP contribution in [0, 0.1) is 11.7 Å². The van der Waals surface area contributed by atoms with E-state index in [0.29, 0.717) is 11.3 Å². The SMILES string of the molecule is Nc1ccc(S(=O)(=O)NCC(CO)Cc2ccccc2F)cc1. The largest absolute Gasteiger partial charge is 0.399 e. The molecule has 0 aliphatic carbocycles. The quantitative estimate of drug-likeness (QED) is 0.668. The van der Waals surface area contributed by atoms with Crippen LogP contribution in [0.25, 0.3) is 0 Å². The molecule has 1 unspecified atom stereocenters. The van der Waals surface area contributed by atoms with Gasteiger partial charge in [0.1, 0.15) is 5.82 Å². The van der Waals surface area contributed by atoms with E-state index in [1.54, 1.807) is 18.2 Å². The van der Waals surface area contributed by atoms with Gasteiger partial charge in [0.05, 0.1) is 4.90 Å². The molecule has 0 saturated carbocycles. The summed E-state index contributed by atoms with van der Waals surface area (Å²) in [6.07, 6.45) is 0.243. The standard InChI is InChI=1S/C16H19FN2O3S/c17-16-4-2-1-3-13(16)9-12(11-20)10-19-23(21,22)15-7-5-14(18)6-8-15/h1-8,12,19-20H,9-11,18H2. The van der Waals surface area contributed by atoms with Gasteiger partial charge in [-0.2, -0.15) is 0 Å². The molecule has 0 radical (unpaired) electrons. The van der Waals surface area contributed by atoms with E-state index in [4.69, 9.17) is 5.73 Å². The first-order valence-electron chi connectivity index (χ1n) is 7.12. The maximum absolute atomic E-state index is 13.6. The molecular weight excluding hydrogens is 319 g/mol. The number of nitrogen functional groups attached to an aromatic ring is 1. The summed E-state index contributed by atoms with van der Waals surface area (Å²) in [4.78, 5) is 0.0919. The maximum atomic E-state index is 13.6. The lowest BCUT2D eigenvalue weighted by atomic mass is 10.00. The van der Waals surface area contributed by atoms with Crippen molar-refractivity contribution in [1.29, 1.82) is 0 Å². The highest BCUT2D eigenvalue weighted by molar-refractivity contribution is 7.89. The van der Waals surface area contributed by atoms with Crippen molar-refractivity contribution in [2.45, 2.75) is 11.3 Å². The second-order valence-electron chi connectivity index (χ2n) is 5.27. The number of aliphatic hydroxyl groups excluding tert-OH is 1. The molecule has 4 N–H and O–H groups in total. The van der Waals surface area contributed by atoms with Crippen LogP contribution in [0.5, 0.6) is 0 Å². The fraction of sp³-hybridized carbons (Fsp3) is 0.250. The van der Waals surface area contributed by atoms with Crippen LogP contribution in [0.2, 0.25) is 0 Å². The molecule has 0 spiro atoms. The summed E-state index contributed by atoms with van der Waals surface area (Å²) in [5, 5.41) is 9.41. The first-order valence-corrected chi connectivity index (χ1v) is 8.60. The number of nitrogens with two attached hydrogens (primary N) is 1. The average Bonchev–Trinajstić information content (AvgIpc) is 2.53. The molecule has 0 heterocycles. The maximum Gasteiger partial charge on any atom is 0.240 e. The summed E-state index contributed by atoms with van der Waals surface area (Å²) < 4.78 is 40.4. The van der Waals surface area contributed by atoms with Crippen LogP contribution in [-0.4, -0.2) is 26.7 Å². The zero-order valence-corrected chi connectivity index (χ0v) is 13.3. The first kappa shape index (κ1) is 17.4. The van der Waals surface area contributed by atoms with Crippen molar-refractivity contribution < 1.29 is 17.9 Å². The van der Waals surface area contributed by atoms with Crippen LogP contribution in [0.4, 0.5) is 10.1 Å². The molecule has 124 valence electrons. The average molecular weight is 338 g/mol. The Kier molecular flexibility index (Phi) is 5.70. The van der Waals surface area contributed by atoms with Crippen LogP contribution in [-0.2, 0) is 16.4 Å². The van der Waals surface area contributed by atoms with Gasteiger partial charge in [-0.1, -0.05) is 18.2 Å². The lowest BCUT2D eigenvalue weighted by Crippen LogP contribution is -2.32. The predicted octanol–water partition coefficient (Wildman–Crippen LogP) is 1.54. The third kappa shape index (κ3) is 4.75. The second kappa shape index (κ2) is 7.54. The highest BCUT2D eigenvalue weighted by atomic mass is 32.2. The van der Waals surface area contributed by atoms with E-state index >= 15 is 0 Å². The smallest absolute Gasteiger partial charge is 0.240 e. The predicted molar refractivity (Wildman–Crippen MR) is 86.7 cm³/mol. The van der Waals surface area contributed by atoms with E-state index in [2.05, 4.69) is 4.72 Å². The number of anilines is 1. The molecule has 0 aliphatic rings. The Morgan fingerprint density at radius 1 is 1.13 bits per heavy atom. The molecule has 7 heteroatoms. The molecule has 23 heavy (non-hydrogen) atoms. The lowest BCUT2D eigenvalue weighted by Gasteiger charge is -2.16. The van der Waals surface area contributed by atoms with Crippen LogP contribution < -0.4 is 10.5 Å². The van der Waals surface area contributed by atoms with E-state index in [-0.39, 0.29) is 30.3 Å². The molecule has 0 bridgehead atoms. The molecule has 0 aromatic heterocycles. The molecule has 2 rings (SSSR count). The number of halogens is 1. The fourth-order valence-electron chi connectivity index (χ4n) is 2.13. The van der Waals surface area contributed by atoms with E-state index in [1.807, 2.05) is 0 Å². The summed E-state index contributed by atoms with van der Waals surface area (Å²) in [5.41, 5.74) is 6.44. The summed E-state index contributed by atoms with van der Waals surface area (Å²) >= 11 is 0. The minimum absolute atomic E-state index is 0.0115. The van der Waals surface area contributed by atoms with Crippen molar-refractivity contribution in [3.8, 4) is 0 Å². The van der Waals surface area contributed by atoms with Gasteiger partial charge < -0.3 is 10.8 Å². The van der Waals surface area contributed by atoms with Crippen molar-refractivity contribution in [3.63, 3.8) is 0 Å². The van der Waals surface area contributed by atoms with Gasteiger partial charge in [-0.3, -0.25) is 0 Å². The van der Waals surface area contributed by atoms with Crippen LogP contribution in [0.3, 0.4) is 0 Å². The van der Waals surface area contributed by atoms with Crippen LogP contribution in [0.15, 0.2) is 53.4 Å². The minimum atomic E-state index is -3.70. The molecule has 2 aromatic rings. The topological polar surface area (TPSA) is 92.4 Å². The number of hydrogen-bond acceptors (Lipinski definition) is 4. The zero-order valence-electron chi connectivity index (χ0n) is 12.4. The monoisotopic (exact) mass is 338 g/mol. The Morgan fingerprint density at radius 2 is 1.78 bits per heavy atom.